The number of hydrogen-bond acceptors (Lipinski definition) is 10. The Labute approximate surface area is 303 Å². The van der Waals surface area contributed by atoms with Gasteiger partial charge in [0.25, 0.3) is 5.56 Å². The number of aliphatic hydroxyl groups is 1. The second-order valence-electron chi connectivity index (χ2n) is 12.0. The molecule has 14 heteroatoms. The summed E-state index contributed by atoms with van der Waals surface area (Å²) in [7, 11) is 2.76. The van der Waals surface area contributed by atoms with E-state index in [1.54, 1.807) is 18.5 Å². The summed E-state index contributed by atoms with van der Waals surface area (Å²) in [5.74, 6) is -0.197. The van der Waals surface area contributed by atoms with Crippen LogP contribution in [-0.4, -0.2) is 70.8 Å². The summed E-state index contributed by atoms with van der Waals surface area (Å²) in [6, 6.07) is 17.7. The fraction of sp³-hybridized carbons (Fsp3) is 0.270. The average molecular weight is 732 g/mol. The molecule has 0 bridgehead atoms. The highest BCUT2D eigenvalue weighted by molar-refractivity contribution is 6.39. The van der Waals surface area contributed by atoms with Crippen molar-refractivity contribution >= 4 is 40.7 Å². The van der Waals surface area contributed by atoms with Gasteiger partial charge < -0.3 is 25.2 Å². The van der Waals surface area contributed by atoms with Gasteiger partial charge in [-0.3, -0.25) is 24.1 Å². The van der Waals surface area contributed by atoms with Crippen molar-refractivity contribution in [1.29, 1.82) is 0 Å². The van der Waals surface area contributed by atoms with Gasteiger partial charge in [0.05, 0.1) is 36.6 Å². The average Bonchev–Trinajstić information content (AvgIpc) is 3.57. The van der Waals surface area contributed by atoms with Crippen molar-refractivity contribution in [2.45, 2.75) is 38.0 Å². The number of aliphatic hydroxyl groups excluding tert-OH is 1. The van der Waals surface area contributed by atoms with Gasteiger partial charge in [0.15, 0.2) is 0 Å². The normalized spacial score (nSPS) is 14.8. The zero-order valence-electron chi connectivity index (χ0n) is 27.9. The largest absolute Gasteiger partial charge is 0.481 e. The van der Waals surface area contributed by atoms with Crippen LogP contribution in [0.15, 0.2) is 77.9 Å². The molecule has 2 aromatic carbocycles. The minimum Gasteiger partial charge on any atom is -0.481 e. The topological polar surface area (TPSA) is 156 Å². The Hall–Kier alpha value is -4.85. The van der Waals surface area contributed by atoms with Crippen LogP contribution in [0.3, 0.4) is 0 Å². The number of nitrogens with zero attached hydrogens (tertiary/aromatic N) is 3. The van der Waals surface area contributed by atoms with Crippen LogP contribution in [-0.2, 0) is 27.4 Å². The van der Waals surface area contributed by atoms with E-state index in [4.69, 9.17) is 32.7 Å². The monoisotopic (exact) mass is 730 g/mol. The number of amides is 1. The number of methoxy groups -OCH3 is 2. The molecular weight excluding hydrogens is 695 g/mol. The van der Waals surface area contributed by atoms with E-state index in [1.165, 1.54) is 18.6 Å². The second-order valence-corrected chi connectivity index (χ2v) is 12.8. The van der Waals surface area contributed by atoms with Crippen molar-refractivity contribution in [3.8, 4) is 39.4 Å². The number of nitrogens with one attached hydrogen (secondary N) is 3. The van der Waals surface area contributed by atoms with Gasteiger partial charge in [0.1, 0.15) is 11.7 Å². The summed E-state index contributed by atoms with van der Waals surface area (Å²) in [6.45, 7) is 0.693. The zero-order valence-corrected chi connectivity index (χ0v) is 29.4. The van der Waals surface area contributed by atoms with E-state index in [9.17, 15) is 19.5 Å². The third-order valence-electron chi connectivity index (χ3n) is 8.79. The van der Waals surface area contributed by atoms with Crippen LogP contribution in [0.5, 0.6) is 5.88 Å². The highest BCUT2D eigenvalue weighted by atomic mass is 35.5. The lowest BCUT2D eigenvalue weighted by molar-refractivity contribution is -0.144. The summed E-state index contributed by atoms with van der Waals surface area (Å²) in [5, 5.41) is 19.6. The third kappa shape index (κ3) is 7.75. The molecule has 1 fully saturated rings. The first-order valence-corrected chi connectivity index (χ1v) is 17.0. The fourth-order valence-corrected chi connectivity index (χ4v) is 6.70. The molecule has 51 heavy (non-hydrogen) atoms. The van der Waals surface area contributed by atoms with Crippen LogP contribution in [0.4, 0.5) is 0 Å². The molecule has 1 aliphatic rings. The van der Waals surface area contributed by atoms with E-state index < -0.39 is 18.6 Å². The van der Waals surface area contributed by atoms with Crippen LogP contribution in [0.2, 0.25) is 10.0 Å². The number of carbonyl (C=O) groups is 2. The van der Waals surface area contributed by atoms with Crippen molar-refractivity contribution in [3.05, 3.63) is 105 Å². The van der Waals surface area contributed by atoms with Crippen molar-refractivity contribution in [2.75, 3.05) is 27.4 Å². The molecule has 0 radical (unpaired) electrons. The Kier molecular flexibility index (Phi) is 11.3. The number of carbonyl (C=O) groups excluding carboxylic acids is 2. The molecule has 4 N–H and O–H groups in total. The molecular formula is C37H36Cl2N6O6. The summed E-state index contributed by atoms with van der Waals surface area (Å²) in [5.41, 5.74) is 5.61. The minimum atomic E-state index is -0.889. The van der Waals surface area contributed by atoms with Gasteiger partial charge in [0.2, 0.25) is 11.8 Å². The summed E-state index contributed by atoms with van der Waals surface area (Å²) in [6.07, 6.45) is 4.57. The van der Waals surface area contributed by atoms with Crippen molar-refractivity contribution < 1.29 is 24.2 Å². The second kappa shape index (κ2) is 16.0. The Bertz CT molecular complexity index is 2160. The summed E-state index contributed by atoms with van der Waals surface area (Å²) >= 11 is 14.1. The van der Waals surface area contributed by atoms with E-state index in [2.05, 4.69) is 25.9 Å². The highest BCUT2D eigenvalue weighted by Crippen LogP contribution is 2.42. The number of fused-ring (bicyclic) bond motifs is 1. The van der Waals surface area contributed by atoms with Crippen LogP contribution in [0.25, 0.3) is 39.2 Å². The van der Waals surface area contributed by atoms with E-state index in [1.807, 2.05) is 54.6 Å². The van der Waals surface area contributed by atoms with Crippen LogP contribution in [0.1, 0.15) is 24.0 Å². The quantitative estimate of drug-likeness (QED) is 0.128. The molecule has 4 heterocycles. The predicted octanol–water partition coefficient (Wildman–Crippen LogP) is 4.40. The van der Waals surface area contributed by atoms with Crippen molar-refractivity contribution in [1.82, 2.24) is 30.3 Å². The molecule has 5 aromatic rings. The molecule has 12 nitrogen and oxygen atoms in total. The number of ether oxygens (including phenoxy) is 2. The molecule has 1 aliphatic heterocycles. The van der Waals surface area contributed by atoms with Gasteiger partial charge in [-0.25, -0.2) is 9.97 Å². The molecule has 3 aromatic heterocycles. The predicted molar refractivity (Wildman–Crippen MR) is 195 cm³/mol. The Morgan fingerprint density at radius 1 is 1.00 bits per heavy atom. The van der Waals surface area contributed by atoms with Crippen molar-refractivity contribution in [3.63, 3.8) is 0 Å². The van der Waals surface area contributed by atoms with Gasteiger partial charge >= 0.3 is 5.97 Å². The number of hydrogen-bond donors (Lipinski definition) is 4. The maximum Gasteiger partial charge on any atom is 0.325 e. The maximum absolute atomic E-state index is 13.2. The number of aromatic nitrogens is 3. The van der Waals surface area contributed by atoms with E-state index in [0.29, 0.717) is 74.6 Å². The first kappa shape index (κ1) is 36.0. The standard InChI is InChI=1S/C37H36Cl2N6O6/c1-50-35-22(17-41-30(20-46)37(49)51-2)9-11-29(44-35)28-8-4-7-27(34(28)39)26-6-3-5-25(33(26)38)21-13-14-45-31(15-21)42-18-23(36(45)48)16-40-19-24-10-12-32(47)43-24/h3-9,11,13-15,18,24,30,40-41,46H,10,12,16-17,19-20H2,1-2H3,(H,43,47)/t24-,30+/m0/s1. The SMILES string of the molecule is COC(=O)[C@@H](CO)NCc1ccc(-c2cccc(-c3cccc(-c4ccn5c(=O)c(CNC[C@@H]6CCC(=O)N6)cnc5c4)c3Cl)c2Cl)nc1OC. The van der Waals surface area contributed by atoms with Gasteiger partial charge in [-0.2, -0.15) is 0 Å². The summed E-state index contributed by atoms with van der Waals surface area (Å²) in [4.78, 5) is 45.8. The molecule has 0 saturated carbocycles. The number of benzene rings is 2. The Morgan fingerprint density at radius 2 is 1.73 bits per heavy atom. The molecule has 1 saturated heterocycles. The van der Waals surface area contributed by atoms with Crippen molar-refractivity contribution in [2.24, 2.45) is 0 Å². The molecule has 264 valence electrons. The molecule has 0 aliphatic carbocycles. The van der Waals surface area contributed by atoms with Gasteiger partial charge in [-0.15, -0.1) is 0 Å². The summed E-state index contributed by atoms with van der Waals surface area (Å²) < 4.78 is 11.8. The van der Waals surface area contributed by atoms with Gasteiger partial charge in [0, 0.05) is 77.9 Å². The first-order valence-electron chi connectivity index (χ1n) is 16.3. The van der Waals surface area contributed by atoms with E-state index in [0.717, 1.165) is 17.5 Å². The Morgan fingerprint density at radius 3 is 2.41 bits per heavy atom. The zero-order chi connectivity index (χ0) is 36.1. The Balaban J connectivity index is 1.24. The molecule has 2 atom stereocenters. The maximum atomic E-state index is 13.2. The lowest BCUT2D eigenvalue weighted by Crippen LogP contribution is -2.40. The number of esters is 1. The number of pyridine rings is 2. The molecule has 0 unspecified atom stereocenters. The van der Waals surface area contributed by atoms with Crippen LogP contribution >= 0.6 is 23.2 Å². The van der Waals surface area contributed by atoms with E-state index in [-0.39, 0.29) is 24.1 Å². The number of rotatable bonds is 13. The lowest BCUT2D eigenvalue weighted by Gasteiger charge is -2.16. The molecule has 6 rings (SSSR count). The van der Waals surface area contributed by atoms with Crippen LogP contribution < -0.4 is 26.2 Å². The smallest absolute Gasteiger partial charge is 0.325 e. The van der Waals surface area contributed by atoms with Gasteiger partial charge in [-0.1, -0.05) is 65.7 Å². The van der Waals surface area contributed by atoms with Crippen LogP contribution in [0, 0.1) is 0 Å². The molecule has 0 spiro atoms. The molecule has 1 amide bonds. The van der Waals surface area contributed by atoms with Gasteiger partial charge in [-0.05, 0) is 30.2 Å². The highest BCUT2D eigenvalue weighted by Gasteiger charge is 2.22. The first-order chi connectivity index (χ1) is 24.7. The van der Waals surface area contributed by atoms with E-state index >= 15 is 0 Å². The lowest BCUT2D eigenvalue weighted by atomic mass is 9.97. The number of halogens is 2. The fourth-order valence-electron chi connectivity index (χ4n) is 6.04. The minimum absolute atomic E-state index is 0.0516. The third-order valence-corrected chi connectivity index (χ3v) is 9.60.